The summed E-state index contributed by atoms with van der Waals surface area (Å²) in [4.78, 5) is 0. The molecule has 0 amide bonds. The molecule has 0 bridgehead atoms. The molecule has 1 N–H and O–H groups in total. The first-order chi connectivity index (χ1) is 4.27. The first-order valence-electron chi connectivity index (χ1n) is 3.21. The molecule has 1 nitrogen and oxygen atoms in total. The zero-order valence-electron chi connectivity index (χ0n) is 6.02. The number of hydrogen-bond donors (Lipinski definition) is 1. The topological polar surface area (TPSA) is 12.0 Å². The highest BCUT2D eigenvalue weighted by Crippen LogP contribution is 1.78. The lowest BCUT2D eigenvalue weighted by Crippen LogP contribution is -2.22. The van der Waals surface area contributed by atoms with Crippen LogP contribution in [0.15, 0.2) is 12.2 Å². The van der Waals surface area contributed by atoms with E-state index in [4.69, 9.17) is 11.6 Å². The predicted octanol–water partition coefficient (Wildman–Crippen LogP) is 1.78. The van der Waals surface area contributed by atoms with Gasteiger partial charge in [-0.2, -0.15) is 0 Å². The van der Waals surface area contributed by atoms with Gasteiger partial charge in [0, 0.05) is 18.5 Å². The van der Waals surface area contributed by atoms with E-state index in [-0.39, 0.29) is 0 Å². The zero-order valence-corrected chi connectivity index (χ0v) is 6.78. The highest BCUT2D eigenvalue weighted by atomic mass is 35.5. The molecule has 0 aliphatic rings. The van der Waals surface area contributed by atoms with Crippen molar-refractivity contribution >= 4 is 11.6 Å². The summed E-state index contributed by atoms with van der Waals surface area (Å²) < 4.78 is 0. The van der Waals surface area contributed by atoms with Crippen molar-refractivity contribution in [3.8, 4) is 0 Å². The van der Waals surface area contributed by atoms with E-state index in [9.17, 15) is 0 Å². The van der Waals surface area contributed by atoms with Crippen LogP contribution in [0.2, 0.25) is 0 Å². The van der Waals surface area contributed by atoms with Gasteiger partial charge >= 0.3 is 0 Å². The first-order valence-corrected chi connectivity index (χ1v) is 3.75. The second-order valence-electron chi connectivity index (χ2n) is 2.19. The monoisotopic (exact) mass is 147 g/mol. The fourth-order valence-electron chi connectivity index (χ4n) is 0.450. The molecule has 9 heavy (non-hydrogen) atoms. The normalized spacial score (nSPS) is 11.6. The predicted molar refractivity (Wildman–Crippen MR) is 43.0 cm³/mol. The van der Waals surface area contributed by atoms with Crippen LogP contribution in [0.4, 0.5) is 0 Å². The van der Waals surface area contributed by atoms with Gasteiger partial charge in [0.2, 0.25) is 0 Å². The van der Waals surface area contributed by atoms with Gasteiger partial charge in [0.05, 0.1) is 0 Å². The van der Waals surface area contributed by atoms with E-state index in [1.165, 1.54) is 0 Å². The minimum atomic E-state index is 0.560. The van der Waals surface area contributed by atoms with E-state index in [2.05, 4.69) is 19.2 Å². The summed E-state index contributed by atoms with van der Waals surface area (Å²) in [7, 11) is 0. The molecule has 0 aliphatic carbocycles. The molecule has 0 saturated heterocycles. The van der Waals surface area contributed by atoms with Crippen LogP contribution in [0.5, 0.6) is 0 Å². The second kappa shape index (κ2) is 6.12. The molecule has 0 aromatic rings. The third kappa shape index (κ3) is 7.99. The molecule has 0 heterocycles. The minimum absolute atomic E-state index is 0.560. The van der Waals surface area contributed by atoms with Gasteiger partial charge in [0.25, 0.3) is 0 Å². The highest BCUT2D eigenvalue weighted by molar-refractivity contribution is 6.18. The number of alkyl halides is 1. The van der Waals surface area contributed by atoms with Crippen LogP contribution in [0.3, 0.4) is 0 Å². The number of halogens is 1. The minimum Gasteiger partial charge on any atom is -0.311 e. The Kier molecular flexibility index (Phi) is 6.11. The summed E-state index contributed by atoms with van der Waals surface area (Å²) in [5.41, 5.74) is 0. The van der Waals surface area contributed by atoms with Gasteiger partial charge in [0.1, 0.15) is 0 Å². The van der Waals surface area contributed by atoms with E-state index >= 15 is 0 Å². The first kappa shape index (κ1) is 8.99. The molecule has 0 spiro atoms. The highest BCUT2D eigenvalue weighted by Gasteiger charge is 1.84. The summed E-state index contributed by atoms with van der Waals surface area (Å²) in [6.45, 7) is 5.16. The third-order valence-electron chi connectivity index (χ3n) is 0.900. The summed E-state index contributed by atoms with van der Waals surface area (Å²) in [6.07, 6.45) is 3.98. The number of nitrogens with one attached hydrogen (secondary N) is 1. The zero-order chi connectivity index (χ0) is 7.11. The second-order valence-corrected chi connectivity index (χ2v) is 2.50. The Morgan fingerprint density at radius 3 is 2.56 bits per heavy atom. The van der Waals surface area contributed by atoms with Crippen molar-refractivity contribution in [2.24, 2.45) is 0 Å². The SMILES string of the molecule is CC(C)NCC=CCCl. The van der Waals surface area contributed by atoms with Crippen molar-refractivity contribution in [3.63, 3.8) is 0 Å². The molecule has 0 rings (SSSR count). The van der Waals surface area contributed by atoms with Gasteiger partial charge in [-0.25, -0.2) is 0 Å². The Morgan fingerprint density at radius 1 is 1.44 bits per heavy atom. The molecular weight excluding hydrogens is 134 g/mol. The average molecular weight is 148 g/mol. The summed E-state index contributed by atoms with van der Waals surface area (Å²) in [6, 6.07) is 0.560. The summed E-state index contributed by atoms with van der Waals surface area (Å²) in [5.74, 6) is 0.611. The van der Waals surface area contributed by atoms with Crippen molar-refractivity contribution in [1.82, 2.24) is 5.32 Å². The Labute approximate surface area is 62.1 Å². The Bertz CT molecular complexity index is 79.0. The maximum atomic E-state index is 5.40. The van der Waals surface area contributed by atoms with Crippen LogP contribution in [0.25, 0.3) is 0 Å². The lowest BCUT2D eigenvalue weighted by Gasteiger charge is -2.02. The number of allylic oxidation sites excluding steroid dienone is 1. The Hall–Kier alpha value is -0.0100. The fraction of sp³-hybridized carbons (Fsp3) is 0.714. The van der Waals surface area contributed by atoms with Crippen LogP contribution in [-0.2, 0) is 0 Å². The van der Waals surface area contributed by atoms with Crippen LogP contribution in [0, 0.1) is 0 Å². The molecular formula is C7H14ClN. The van der Waals surface area contributed by atoms with Crippen LogP contribution >= 0.6 is 11.6 Å². The summed E-state index contributed by atoms with van der Waals surface area (Å²) >= 11 is 5.40. The van der Waals surface area contributed by atoms with Crippen molar-refractivity contribution < 1.29 is 0 Å². The van der Waals surface area contributed by atoms with E-state index in [0.717, 1.165) is 6.54 Å². The molecule has 0 radical (unpaired) electrons. The molecule has 0 saturated carbocycles. The van der Waals surface area contributed by atoms with Gasteiger partial charge < -0.3 is 5.32 Å². The van der Waals surface area contributed by atoms with Crippen molar-refractivity contribution in [1.29, 1.82) is 0 Å². The maximum absolute atomic E-state index is 5.40. The van der Waals surface area contributed by atoms with Gasteiger partial charge in [-0.15, -0.1) is 11.6 Å². The maximum Gasteiger partial charge on any atom is 0.0404 e. The largest absolute Gasteiger partial charge is 0.311 e. The summed E-state index contributed by atoms with van der Waals surface area (Å²) in [5, 5.41) is 3.23. The van der Waals surface area contributed by atoms with Crippen LogP contribution < -0.4 is 5.32 Å². The van der Waals surface area contributed by atoms with E-state index in [1.807, 2.05) is 12.2 Å². The van der Waals surface area contributed by atoms with Crippen molar-refractivity contribution in [2.45, 2.75) is 19.9 Å². The van der Waals surface area contributed by atoms with Gasteiger partial charge in [-0.3, -0.25) is 0 Å². The van der Waals surface area contributed by atoms with E-state index < -0.39 is 0 Å². The molecule has 0 atom stereocenters. The van der Waals surface area contributed by atoms with E-state index in [0.29, 0.717) is 11.9 Å². The van der Waals surface area contributed by atoms with Crippen LogP contribution in [0.1, 0.15) is 13.8 Å². The molecule has 2 heteroatoms. The third-order valence-corrected chi connectivity index (χ3v) is 1.08. The molecule has 0 aromatic heterocycles. The molecule has 0 aromatic carbocycles. The average Bonchev–Trinajstić information content (AvgIpc) is 1.80. The molecule has 0 aliphatic heterocycles. The van der Waals surface area contributed by atoms with Gasteiger partial charge in [-0.1, -0.05) is 26.0 Å². The van der Waals surface area contributed by atoms with Gasteiger partial charge in [0.15, 0.2) is 0 Å². The quantitative estimate of drug-likeness (QED) is 0.472. The van der Waals surface area contributed by atoms with Crippen molar-refractivity contribution in [2.75, 3.05) is 12.4 Å². The molecule has 0 fully saturated rings. The number of hydrogen-bond acceptors (Lipinski definition) is 1. The fourth-order valence-corrected chi connectivity index (χ4v) is 0.576. The lowest BCUT2D eigenvalue weighted by molar-refractivity contribution is 0.632. The van der Waals surface area contributed by atoms with Crippen LogP contribution in [-0.4, -0.2) is 18.5 Å². The molecule has 54 valence electrons. The Morgan fingerprint density at radius 2 is 2.11 bits per heavy atom. The smallest absolute Gasteiger partial charge is 0.0404 e. The van der Waals surface area contributed by atoms with E-state index in [1.54, 1.807) is 0 Å². The Balaban J connectivity index is 2.99. The lowest BCUT2D eigenvalue weighted by atomic mass is 10.4. The number of rotatable bonds is 4. The molecule has 0 unspecified atom stereocenters. The van der Waals surface area contributed by atoms with Gasteiger partial charge in [-0.05, 0) is 0 Å². The van der Waals surface area contributed by atoms with Crippen molar-refractivity contribution in [3.05, 3.63) is 12.2 Å². The standard InChI is InChI=1S/C7H14ClN/c1-7(2)9-6-4-3-5-8/h3-4,7,9H,5-6H2,1-2H3.